The SMILES string of the molecule is COc1c(C)cnc(CN2CCn3nc(CNC(C)=O)cc3C2)c1C. The quantitative estimate of drug-likeness (QED) is 0.892. The Hall–Kier alpha value is -2.41. The van der Waals surface area contributed by atoms with Gasteiger partial charge >= 0.3 is 0 Å². The van der Waals surface area contributed by atoms with Gasteiger partial charge in [-0.2, -0.15) is 5.10 Å². The Morgan fingerprint density at radius 1 is 1.36 bits per heavy atom. The lowest BCUT2D eigenvalue weighted by Gasteiger charge is -2.28. The summed E-state index contributed by atoms with van der Waals surface area (Å²) in [5.41, 5.74) is 5.28. The maximum Gasteiger partial charge on any atom is 0.217 e. The largest absolute Gasteiger partial charge is 0.496 e. The Morgan fingerprint density at radius 3 is 2.88 bits per heavy atom. The van der Waals surface area contributed by atoms with Gasteiger partial charge < -0.3 is 10.1 Å². The number of hydrogen-bond acceptors (Lipinski definition) is 5. The number of aromatic nitrogens is 3. The first-order valence-electron chi connectivity index (χ1n) is 8.49. The van der Waals surface area contributed by atoms with Crippen molar-refractivity contribution in [1.29, 1.82) is 0 Å². The van der Waals surface area contributed by atoms with E-state index in [0.29, 0.717) is 6.54 Å². The predicted molar refractivity (Wildman–Crippen MR) is 94.1 cm³/mol. The van der Waals surface area contributed by atoms with Crippen LogP contribution in [0.5, 0.6) is 5.75 Å². The van der Waals surface area contributed by atoms with E-state index in [1.165, 1.54) is 12.6 Å². The van der Waals surface area contributed by atoms with E-state index in [4.69, 9.17) is 4.74 Å². The highest BCUT2D eigenvalue weighted by atomic mass is 16.5. The molecule has 1 amide bonds. The summed E-state index contributed by atoms with van der Waals surface area (Å²) in [4.78, 5) is 18.0. The van der Waals surface area contributed by atoms with Crippen molar-refractivity contribution in [2.75, 3.05) is 13.7 Å². The summed E-state index contributed by atoms with van der Waals surface area (Å²) in [6.07, 6.45) is 1.88. The molecule has 1 aliphatic heterocycles. The van der Waals surface area contributed by atoms with E-state index < -0.39 is 0 Å². The van der Waals surface area contributed by atoms with Crippen molar-refractivity contribution in [2.45, 2.75) is 47.0 Å². The first kappa shape index (κ1) is 17.4. The molecule has 0 bridgehead atoms. The predicted octanol–water partition coefficient (Wildman–Crippen LogP) is 1.56. The van der Waals surface area contributed by atoms with Gasteiger partial charge in [-0.25, -0.2) is 0 Å². The fourth-order valence-electron chi connectivity index (χ4n) is 3.26. The van der Waals surface area contributed by atoms with Gasteiger partial charge in [-0.1, -0.05) is 0 Å². The van der Waals surface area contributed by atoms with Crippen LogP contribution in [-0.2, 0) is 31.0 Å². The zero-order valence-electron chi connectivity index (χ0n) is 15.3. The summed E-state index contributed by atoms with van der Waals surface area (Å²) >= 11 is 0. The van der Waals surface area contributed by atoms with E-state index in [-0.39, 0.29) is 5.91 Å². The summed E-state index contributed by atoms with van der Waals surface area (Å²) in [5.74, 6) is 0.882. The highest BCUT2D eigenvalue weighted by Gasteiger charge is 2.20. The molecule has 0 unspecified atom stereocenters. The van der Waals surface area contributed by atoms with Crippen LogP contribution < -0.4 is 10.1 Å². The number of pyridine rings is 1. The van der Waals surface area contributed by atoms with E-state index in [2.05, 4.69) is 33.3 Å². The molecular weight excluding hydrogens is 318 g/mol. The fraction of sp³-hybridized carbons (Fsp3) is 0.500. The van der Waals surface area contributed by atoms with Gasteiger partial charge in [0.05, 0.1) is 37.3 Å². The van der Waals surface area contributed by atoms with Crippen LogP contribution in [0.3, 0.4) is 0 Å². The Labute approximate surface area is 148 Å². The van der Waals surface area contributed by atoms with Crippen LogP contribution in [0.15, 0.2) is 12.3 Å². The van der Waals surface area contributed by atoms with Gasteiger partial charge in [0.1, 0.15) is 5.75 Å². The molecule has 2 aromatic heterocycles. The minimum absolute atomic E-state index is 0.0394. The fourth-order valence-corrected chi connectivity index (χ4v) is 3.26. The third kappa shape index (κ3) is 3.82. The van der Waals surface area contributed by atoms with Crippen LogP contribution >= 0.6 is 0 Å². The van der Waals surface area contributed by atoms with Gasteiger partial charge in [0.25, 0.3) is 0 Å². The number of ether oxygens (including phenoxy) is 1. The molecule has 0 radical (unpaired) electrons. The topological polar surface area (TPSA) is 72.3 Å². The van der Waals surface area contributed by atoms with E-state index in [0.717, 1.165) is 54.4 Å². The lowest BCUT2D eigenvalue weighted by molar-refractivity contribution is -0.119. The van der Waals surface area contributed by atoms with Crippen molar-refractivity contribution >= 4 is 5.91 Å². The molecule has 134 valence electrons. The molecule has 0 saturated heterocycles. The highest BCUT2D eigenvalue weighted by molar-refractivity contribution is 5.72. The van der Waals surface area contributed by atoms with Gasteiger partial charge in [-0.15, -0.1) is 0 Å². The lowest BCUT2D eigenvalue weighted by atomic mass is 10.1. The number of fused-ring (bicyclic) bond motifs is 1. The second-order valence-corrected chi connectivity index (χ2v) is 6.52. The van der Waals surface area contributed by atoms with Crippen LogP contribution in [-0.4, -0.2) is 39.2 Å². The van der Waals surface area contributed by atoms with Gasteiger partial charge in [-0.05, 0) is 19.9 Å². The number of rotatable bonds is 5. The number of methoxy groups -OCH3 is 1. The van der Waals surface area contributed by atoms with E-state index >= 15 is 0 Å². The molecule has 1 aliphatic rings. The second-order valence-electron chi connectivity index (χ2n) is 6.52. The maximum absolute atomic E-state index is 11.1. The number of nitrogens with one attached hydrogen (secondary N) is 1. The minimum Gasteiger partial charge on any atom is -0.496 e. The summed E-state index contributed by atoms with van der Waals surface area (Å²) in [6.45, 7) is 9.45. The molecule has 0 fully saturated rings. The Morgan fingerprint density at radius 2 is 2.16 bits per heavy atom. The molecular formula is C18H25N5O2. The Balaban J connectivity index is 1.70. The second kappa shape index (κ2) is 7.23. The average Bonchev–Trinajstić information content (AvgIpc) is 2.98. The minimum atomic E-state index is -0.0394. The van der Waals surface area contributed by atoms with E-state index in [1.54, 1.807) is 7.11 Å². The molecule has 3 heterocycles. The lowest BCUT2D eigenvalue weighted by Crippen LogP contribution is -2.33. The number of hydrogen-bond donors (Lipinski definition) is 1. The highest BCUT2D eigenvalue weighted by Crippen LogP contribution is 2.25. The number of carbonyl (C=O) groups is 1. The number of aryl methyl sites for hydroxylation is 1. The first-order chi connectivity index (χ1) is 12.0. The Kier molecular flexibility index (Phi) is 5.03. The number of carbonyl (C=O) groups excluding carboxylic acids is 1. The molecule has 3 rings (SSSR count). The standard InChI is InChI=1S/C18H25N5O2/c1-12-8-20-17(13(2)18(12)25-4)11-22-5-6-23-16(10-22)7-15(21-23)9-19-14(3)24/h7-8H,5-6,9-11H2,1-4H3,(H,19,24). The van der Waals surface area contributed by atoms with Crippen LogP contribution in [0.1, 0.15) is 35.1 Å². The number of amides is 1. The Bertz CT molecular complexity index is 784. The molecule has 0 saturated carbocycles. The van der Waals surface area contributed by atoms with Crippen molar-refractivity contribution in [3.63, 3.8) is 0 Å². The zero-order valence-corrected chi connectivity index (χ0v) is 15.3. The molecule has 0 spiro atoms. The first-order valence-corrected chi connectivity index (χ1v) is 8.49. The van der Waals surface area contributed by atoms with Crippen LogP contribution in [0.25, 0.3) is 0 Å². The van der Waals surface area contributed by atoms with Crippen molar-refractivity contribution in [3.05, 3.63) is 40.5 Å². The van der Waals surface area contributed by atoms with Crippen LogP contribution in [0.4, 0.5) is 0 Å². The van der Waals surface area contributed by atoms with Crippen molar-refractivity contribution in [2.24, 2.45) is 0 Å². The van der Waals surface area contributed by atoms with Crippen LogP contribution in [0.2, 0.25) is 0 Å². The van der Waals surface area contributed by atoms with Crippen molar-refractivity contribution < 1.29 is 9.53 Å². The third-order valence-corrected chi connectivity index (χ3v) is 4.57. The molecule has 0 atom stereocenters. The van der Waals surface area contributed by atoms with Gasteiger partial charge in [0.2, 0.25) is 5.91 Å². The van der Waals surface area contributed by atoms with Crippen molar-refractivity contribution in [3.8, 4) is 5.75 Å². The monoisotopic (exact) mass is 343 g/mol. The molecule has 0 aromatic carbocycles. The van der Waals surface area contributed by atoms with Crippen molar-refractivity contribution in [1.82, 2.24) is 25.0 Å². The molecule has 1 N–H and O–H groups in total. The third-order valence-electron chi connectivity index (χ3n) is 4.57. The van der Waals surface area contributed by atoms with Gasteiger partial charge in [0.15, 0.2) is 0 Å². The normalized spacial score (nSPS) is 14.2. The molecule has 7 heteroatoms. The summed E-state index contributed by atoms with van der Waals surface area (Å²) < 4.78 is 7.54. The average molecular weight is 343 g/mol. The molecule has 0 aliphatic carbocycles. The van der Waals surface area contributed by atoms with E-state index in [1.807, 2.05) is 17.8 Å². The summed E-state index contributed by atoms with van der Waals surface area (Å²) in [5, 5.41) is 7.36. The summed E-state index contributed by atoms with van der Waals surface area (Å²) in [6, 6.07) is 2.07. The molecule has 2 aromatic rings. The zero-order chi connectivity index (χ0) is 18.0. The van der Waals surface area contributed by atoms with E-state index in [9.17, 15) is 4.79 Å². The molecule has 7 nitrogen and oxygen atoms in total. The maximum atomic E-state index is 11.1. The van der Waals surface area contributed by atoms with Gasteiger partial charge in [0, 0.05) is 43.9 Å². The molecule has 25 heavy (non-hydrogen) atoms. The summed E-state index contributed by atoms with van der Waals surface area (Å²) in [7, 11) is 1.70. The smallest absolute Gasteiger partial charge is 0.217 e. The van der Waals surface area contributed by atoms with Crippen LogP contribution in [0, 0.1) is 13.8 Å². The van der Waals surface area contributed by atoms with Gasteiger partial charge in [-0.3, -0.25) is 19.4 Å². The number of nitrogens with zero attached hydrogens (tertiary/aromatic N) is 4.